The molecule has 0 spiro atoms. The molecular weight excluding hydrogens is 380 g/mol. The summed E-state index contributed by atoms with van der Waals surface area (Å²) in [7, 11) is 1.64. The Morgan fingerprint density at radius 3 is 2.73 bits per heavy atom. The number of aromatic amines is 1. The summed E-state index contributed by atoms with van der Waals surface area (Å²) < 4.78 is 11.2. The molecule has 0 radical (unpaired) electrons. The fourth-order valence-corrected chi connectivity index (χ4v) is 2.86. The molecule has 3 rings (SSSR count). The minimum atomic E-state index is -0.0456. The van der Waals surface area contributed by atoms with Gasteiger partial charge in [-0.3, -0.25) is 5.10 Å². The van der Waals surface area contributed by atoms with E-state index in [-0.39, 0.29) is 6.10 Å². The van der Waals surface area contributed by atoms with Crippen LogP contribution in [0.3, 0.4) is 0 Å². The van der Waals surface area contributed by atoms with E-state index in [4.69, 9.17) is 9.47 Å². The second-order valence-electron chi connectivity index (χ2n) is 6.72. The third-order valence-electron chi connectivity index (χ3n) is 4.31. The quantitative estimate of drug-likeness (QED) is 0.372. The van der Waals surface area contributed by atoms with Crippen LogP contribution in [0, 0.1) is 0 Å². The summed E-state index contributed by atoms with van der Waals surface area (Å²) in [6, 6.07) is 15.7. The van der Waals surface area contributed by atoms with Crippen molar-refractivity contribution in [2.24, 2.45) is 4.99 Å². The van der Waals surface area contributed by atoms with Gasteiger partial charge >= 0.3 is 0 Å². The number of nitrogens with zero attached hydrogens (tertiary/aromatic N) is 3. The Labute approximate surface area is 176 Å². The third kappa shape index (κ3) is 6.23. The Kier molecular flexibility index (Phi) is 7.65. The third-order valence-corrected chi connectivity index (χ3v) is 4.31. The molecule has 3 aromatic rings. The standard InChI is InChI=1S/C22H28N6O2/c1-4-23-22(24-13-16(2)30-20-10-6-9-19(12-20)29-3)25-14-17-7-5-8-18(11-17)21-26-15-27-28-21/h5-12,15-16H,4,13-14H2,1-3H3,(H2,23,24,25)(H,26,27,28). The van der Waals surface area contributed by atoms with Gasteiger partial charge in [0.15, 0.2) is 11.8 Å². The summed E-state index contributed by atoms with van der Waals surface area (Å²) >= 11 is 0. The first-order valence-corrected chi connectivity index (χ1v) is 9.95. The number of rotatable bonds is 9. The van der Waals surface area contributed by atoms with Crippen molar-refractivity contribution in [2.45, 2.75) is 26.5 Å². The largest absolute Gasteiger partial charge is 0.497 e. The first-order valence-electron chi connectivity index (χ1n) is 9.95. The molecule has 158 valence electrons. The van der Waals surface area contributed by atoms with Crippen LogP contribution in [0.25, 0.3) is 11.4 Å². The lowest BCUT2D eigenvalue weighted by Gasteiger charge is -2.18. The summed E-state index contributed by atoms with van der Waals surface area (Å²) in [6.07, 6.45) is 1.46. The molecule has 0 aliphatic carbocycles. The van der Waals surface area contributed by atoms with Crippen LogP contribution in [0.15, 0.2) is 59.9 Å². The average Bonchev–Trinajstić information content (AvgIpc) is 3.31. The van der Waals surface area contributed by atoms with Crippen LogP contribution >= 0.6 is 0 Å². The Bertz CT molecular complexity index is 942. The summed E-state index contributed by atoms with van der Waals surface area (Å²) in [6.45, 7) is 5.98. The summed E-state index contributed by atoms with van der Waals surface area (Å²) in [4.78, 5) is 8.88. The van der Waals surface area contributed by atoms with E-state index in [1.807, 2.05) is 56.3 Å². The van der Waals surface area contributed by atoms with Crippen LogP contribution in [0.4, 0.5) is 0 Å². The maximum absolute atomic E-state index is 5.96. The summed E-state index contributed by atoms with van der Waals surface area (Å²) in [5, 5.41) is 13.4. The lowest BCUT2D eigenvalue weighted by Crippen LogP contribution is -2.41. The number of nitrogens with one attached hydrogen (secondary N) is 3. The number of methoxy groups -OCH3 is 1. The highest BCUT2D eigenvalue weighted by Gasteiger charge is 2.07. The van der Waals surface area contributed by atoms with Gasteiger partial charge in [-0.2, -0.15) is 5.10 Å². The highest BCUT2D eigenvalue weighted by atomic mass is 16.5. The second kappa shape index (κ2) is 10.8. The van der Waals surface area contributed by atoms with E-state index in [0.717, 1.165) is 41.0 Å². The number of guanidine groups is 1. The maximum Gasteiger partial charge on any atom is 0.191 e. The number of hydrogen-bond acceptors (Lipinski definition) is 5. The van der Waals surface area contributed by atoms with E-state index in [1.54, 1.807) is 7.11 Å². The number of aliphatic imine (C=N–C) groups is 1. The number of aromatic nitrogens is 3. The number of hydrogen-bond donors (Lipinski definition) is 3. The van der Waals surface area contributed by atoms with Crippen molar-refractivity contribution in [2.75, 3.05) is 20.2 Å². The Morgan fingerprint density at radius 2 is 1.97 bits per heavy atom. The van der Waals surface area contributed by atoms with Crippen LogP contribution in [-0.4, -0.2) is 47.4 Å². The zero-order chi connectivity index (χ0) is 21.2. The predicted octanol–water partition coefficient (Wildman–Crippen LogP) is 3.00. The molecular formula is C22H28N6O2. The molecule has 1 unspecified atom stereocenters. The minimum Gasteiger partial charge on any atom is -0.497 e. The van der Waals surface area contributed by atoms with Gasteiger partial charge in [-0.25, -0.2) is 9.98 Å². The monoisotopic (exact) mass is 408 g/mol. The van der Waals surface area contributed by atoms with Gasteiger partial charge in [-0.1, -0.05) is 24.3 Å². The molecule has 0 amide bonds. The first-order chi connectivity index (χ1) is 14.7. The zero-order valence-electron chi connectivity index (χ0n) is 17.6. The molecule has 3 N–H and O–H groups in total. The number of H-pyrrole nitrogens is 1. The maximum atomic E-state index is 5.96. The molecule has 0 bridgehead atoms. The van der Waals surface area contributed by atoms with Gasteiger partial charge < -0.3 is 20.1 Å². The first kappa shape index (κ1) is 21.2. The molecule has 1 atom stereocenters. The highest BCUT2D eigenvalue weighted by molar-refractivity contribution is 5.79. The van der Waals surface area contributed by atoms with Gasteiger partial charge in [0.25, 0.3) is 0 Å². The van der Waals surface area contributed by atoms with Crippen molar-refractivity contribution >= 4 is 5.96 Å². The van der Waals surface area contributed by atoms with Gasteiger partial charge in [0.05, 0.1) is 20.2 Å². The van der Waals surface area contributed by atoms with Crippen molar-refractivity contribution < 1.29 is 9.47 Å². The molecule has 8 heteroatoms. The summed E-state index contributed by atoms with van der Waals surface area (Å²) in [5.41, 5.74) is 2.07. The van der Waals surface area contributed by atoms with Crippen molar-refractivity contribution in [1.82, 2.24) is 25.8 Å². The van der Waals surface area contributed by atoms with Crippen LogP contribution in [0.5, 0.6) is 11.5 Å². The molecule has 1 aromatic heterocycles. The fraction of sp³-hybridized carbons (Fsp3) is 0.318. The zero-order valence-corrected chi connectivity index (χ0v) is 17.6. The van der Waals surface area contributed by atoms with Crippen molar-refractivity contribution in [3.05, 3.63) is 60.4 Å². The van der Waals surface area contributed by atoms with E-state index in [9.17, 15) is 0 Å². The molecule has 0 saturated carbocycles. The topological polar surface area (TPSA) is 96.5 Å². The molecule has 0 aliphatic heterocycles. The Morgan fingerprint density at radius 1 is 1.13 bits per heavy atom. The fourth-order valence-electron chi connectivity index (χ4n) is 2.86. The van der Waals surface area contributed by atoms with Crippen LogP contribution in [-0.2, 0) is 6.54 Å². The van der Waals surface area contributed by atoms with Crippen LogP contribution in [0.1, 0.15) is 19.4 Å². The molecule has 1 heterocycles. The molecule has 0 saturated heterocycles. The number of benzene rings is 2. The highest BCUT2D eigenvalue weighted by Crippen LogP contribution is 2.20. The Hall–Kier alpha value is -3.55. The minimum absolute atomic E-state index is 0.0456. The van der Waals surface area contributed by atoms with E-state index in [2.05, 4.69) is 36.9 Å². The molecule has 8 nitrogen and oxygen atoms in total. The molecule has 2 aromatic carbocycles. The van der Waals surface area contributed by atoms with Crippen molar-refractivity contribution in [3.63, 3.8) is 0 Å². The van der Waals surface area contributed by atoms with E-state index in [0.29, 0.717) is 13.1 Å². The van der Waals surface area contributed by atoms with Gasteiger partial charge in [0, 0.05) is 18.2 Å². The molecule has 0 fully saturated rings. The Balaban J connectivity index is 1.57. The smallest absolute Gasteiger partial charge is 0.191 e. The van der Waals surface area contributed by atoms with Gasteiger partial charge in [0.2, 0.25) is 0 Å². The van der Waals surface area contributed by atoms with Gasteiger partial charge in [-0.05, 0) is 37.6 Å². The van der Waals surface area contributed by atoms with E-state index in [1.165, 1.54) is 6.33 Å². The lowest BCUT2D eigenvalue weighted by atomic mass is 10.1. The molecule has 0 aliphatic rings. The van der Waals surface area contributed by atoms with Crippen LogP contribution in [0.2, 0.25) is 0 Å². The normalized spacial score (nSPS) is 12.3. The molecule has 30 heavy (non-hydrogen) atoms. The van der Waals surface area contributed by atoms with Crippen LogP contribution < -0.4 is 20.1 Å². The SMILES string of the molecule is CCNC(=NCc1cccc(-c2ncn[nH]2)c1)NCC(C)Oc1cccc(OC)c1. The average molecular weight is 409 g/mol. The lowest BCUT2D eigenvalue weighted by molar-refractivity contribution is 0.223. The van der Waals surface area contributed by atoms with E-state index < -0.39 is 0 Å². The predicted molar refractivity (Wildman–Crippen MR) is 118 cm³/mol. The summed E-state index contributed by atoms with van der Waals surface area (Å²) in [5.74, 6) is 3.03. The van der Waals surface area contributed by atoms with E-state index >= 15 is 0 Å². The van der Waals surface area contributed by atoms with Crippen molar-refractivity contribution in [3.8, 4) is 22.9 Å². The second-order valence-corrected chi connectivity index (χ2v) is 6.72. The van der Waals surface area contributed by atoms with Crippen molar-refractivity contribution in [1.29, 1.82) is 0 Å². The van der Waals surface area contributed by atoms with Gasteiger partial charge in [-0.15, -0.1) is 0 Å². The number of ether oxygens (including phenoxy) is 2. The van der Waals surface area contributed by atoms with Gasteiger partial charge in [0.1, 0.15) is 23.9 Å².